The highest BCUT2D eigenvalue weighted by Gasteiger charge is 2.10. The van der Waals surface area contributed by atoms with Crippen LogP contribution in [-0.4, -0.2) is 6.29 Å². The highest BCUT2D eigenvalue weighted by atomic mass is 79.9. The smallest absolute Gasteiger partial charge is 0.150 e. The van der Waals surface area contributed by atoms with Gasteiger partial charge in [-0.15, -0.1) is 11.3 Å². The predicted octanol–water partition coefficient (Wildman–Crippen LogP) is 4.64. The van der Waals surface area contributed by atoms with E-state index in [-0.39, 0.29) is 0 Å². The maximum Gasteiger partial charge on any atom is 0.150 e. The average Bonchev–Trinajstić information content (AvgIpc) is 2.57. The van der Waals surface area contributed by atoms with Crippen molar-refractivity contribution >= 4 is 45.2 Å². The fraction of sp³-hybridized carbons (Fsp3) is 0. The predicted molar refractivity (Wildman–Crippen MR) is 67.9 cm³/mol. The number of carbonyl (C=O) groups is 1. The monoisotopic (exact) mass is 300 g/mol. The van der Waals surface area contributed by atoms with Gasteiger partial charge in [0.25, 0.3) is 0 Å². The molecule has 0 aliphatic heterocycles. The van der Waals surface area contributed by atoms with Gasteiger partial charge in [-0.05, 0) is 22.0 Å². The molecular weight excluding hydrogens is 296 g/mol. The maximum atomic E-state index is 10.9. The van der Waals surface area contributed by atoms with Crippen LogP contribution >= 0.6 is 38.9 Å². The van der Waals surface area contributed by atoms with Crippen molar-refractivity contribution in [3.63, 3.8) is 0 Å². The van der Waals surface area contributed by atoms with Gasteiger partial charge in [-0.3, -0.25) is 4.79 Å². The number of thiophene rings is 1. The molecule has 0 radical (unpaired) electrons. The van der Waals surface area contributed by atoms with E-state index in [4.69, 9.17) is 11.6 Å². The van der Waals surface area contributed by atoms with Crippen molar-refractivity contribution in [3.8, 4) is 10.4 Å². The Kier molecular flexibility index (Phi) is 3.24. The molecule has 1 aromatic heterocycles. The van der Waals surface area contributed by atoms with Crippen LogP contribution in [0.15, 0.2) is 34.8 Å². The van der Waals surface area contributed by atoms with E-state index in [2.05, 4.69) is 15.9 Å². The fourth-order valence-electron chi connectivity index (χ4n) is 1.33. The minimum absolute atomic E-state index is 0.678. The Balaban J connectivity index is 2.63. The molecule has 0 amide bonds. The lowest BCUT2D eigenvalue weighted by atomic mass is 10.1. The Morgan fingerprint density at radius 3 is 2.67 bits per heavy atom. The third-order valence-electron chi connectivity index (χ3n) is 1.99. The first-order chi connectivity index (χ1) is 7.22. The van der Waals surface area contributed by atoms with Crippen molar-refractivity contribution in [1.82, 2.24) is 0 Å². The number of benzene rings is 1. The first-order valence-electron chi connectivity index (χ1n) is 4.22. The molecule has 0 aliphatic rings. The Labute approximate surface area is 105 Å². The summed E-state index contributed by atoms with van der Waals surface area (Å²) in [6.07, 6.45) is 0.857. The molecule has 2 rings (SSSR count). The molecule has 15 heavy (non-hydrogen) atoms. The highest BCUT2D eigenvalue weighted by Crippen LogP contribution is 2.39. The van der Waals surface area contributed by atoms with Gasteiger partial charge in [0, 0.05) is 15.6 Å². The summed E-state index contributed by atoms with van der Waals surface area (Å²) in [6.45, 7) is 0. The zero-order chi connectivity index (χ0) is 10.8. The SMILES string of the molecule is O=Cc1ccccc1-c1sc(Cl)cc1Br. The van der Waals surface area contributed by atoms with E-state index in [9.17, 15) is 4.79 Å². The minimum Gasteiger partial charge on any atom is -0.298 e. The van der Waals surface area contributed by atoms with Gasteiger partial charge in [-0.25, -0.2) is 0 Å². The molecule has 1 heterocycles. The summed E-state index contributed by atoms with van der Waals surface area (Å²) in [4.78, 5) is 11.9. The van der Waals surface area contributed by atoms with Gasteiger partial charge in [0.2, 0.25) is 0 Å². The number of halogens is 2. The molecule has 0 aliphatic carbocycles. The van der Waals surface area contributed by atoms with E-state index in [1.807, 2.05) is 24.3 Å². The summed E-state index contributed by atoms with van der Waals surface area (Å²) in [5.41, 5.74) is 1.59. The van der Waals surface area contributed by atoms with Crippen LogP contribution < -0.4 is 0 Å². The minimum atomic E-state index is 0.678. The van der Waals surface area contributed by atoms with Crippen molar-refractivity contribution < 1.29 is 4.79 Å². The number of hydrogen-bond donors (Lipinski definition) is 0. The first-order valence-corrected chi connectivity index (χ1v) is 6.20. The number of carbonyl (C=O) groups excluding carboxylic acids is 1. The zero-order valence-electron chi connectivity index (χ0n) is 7.54. The molecule has 0 unspecified atom stereocenters. The summed E-state index contributed by atoms with van der Waals surface area (Å²) in [6, 6.07) is 9.29. The van der Waals surface area contributed by atoms with Crippen molar-refractivity contribution in [2.45, 2.75) is 0 Å². The topological polar surface area (TPSA) is 17.1 Å². The van der Waals surface area contributed by atoms with Crippen LogP contribution in [0, 0.1) is 0 Å². The van der Waals surface area contributed by atoms with E-state index in [0.717, 1.165) is 21.2 Å². The summed E-state index contributed by atoms with van der Waals surface area (Å²) in [5, 5.41) is 0. The molecule has 0 bridgehead atoms. The summed E-state index contributed by atoms with van der Waals surface area (Å²) in [5.74, 6) is 0. The van der Waals surface area contributed by atoms with Gasteiger partial charge in [0.05, 0.1) is 9.21 Å². The summed E-state index contributed by atoms with van der Waals surface area (Å²) in [7, 11) is 0. The Hall–Kier alpha value is -0.640. The van der Waals surface area contributed by atoms with Gasteiger partial charge in [0.1, 0.15) is 0 Å². The molecule has 0 spiro atoms. The summed E-state index contributed by atoms with van der Waals surface area (Å²) >= 11 is 10.8. The van der Waals surface area contributed by atoms with E-state index < -0.39 is 0 Å². The van der Waals surface area contributed by atoms with Crippen LogP contribution in [0.1, 0.15) is 10.4 Å². The van der Waals surface area contributed by atoms with Gasteiger partial charge < -0.3 is 0 Å². The van der Waals surface area contributed by atoms with E-state index in [0.29, 0.717) is 9.90 Å². The second-order valence-electron chi connectivity index (χ2n) is 2.93. The van der Waals surface area contributed by atoms with E-state index >= 15 is 0 Å². The van der Waals surface area contributed by atoms with Crippen molar-refractivity contribution in [3.05, 3.63) is 44.7 Å². The molecule has 4 heteroatoms. The molecular formula is C11H6BrClOS. The number of hydrogen-bond acceptors (Lipinski definition) is 2. The Morgan fingerprint density at radius 1 is 1.33 bits per heavy atom. The molecule has 0 saturated carbocycles. The number of rotatable bonds is 2. The summed E-state index contributed by atoms with van der Waals surface area (Å²) < 4.78 is 1.63. The highest BCUT2D eigenvalue weighted by molar-refractivity contribution is 9.10. The van der Waals surface area contributed by atoms with Crippen LogP contribution in [0.5, 0.6) is 0 Å². The Bertz CT molecular complexity index is 507. The van der Waals surface area contributed by atoms with Gasteiger partial charge >= 0.3 is 0 Å². The first kappa shape index (κ1) is 10.9. The molecule has 0 atom stereocenters. The lowest BCUT2D eigenvalue weighted by Gasteiger charge is -2.01. The number of aldehydes is 1. The lowest BCUT2D eigenvalue weighted by Crippen LogP contribution is -1.84. The van der Waals surface area contributed by atoms with Crippen LogP contribution in [-0.2, 0) is 0 Å². The van der Waals surface area contributed by atoms with Crippen LogP contribution in [0.4, 0.5) is 0 Å². The average molecular weight is 302 g/mol. The van der Waals surface area contributed by atoms with Crippen LogP contribution in [0.3, 0.4) is 0 Å². The standard InChI is InChI=1S/C11H6BrClOS/c12-9-5-10(13)15-11(9)8-4-2-1-3-7(8)6-14/h1-6H. The fourth-order valence-corrected chi connectivity index (χ4v) is 3.46. The van der Waals surface area contributed by atoms with Crippen molar-refractivity contribution in [1.29, 1.82) is 0 Å². The molecule has 2 aromatic rings. The molecule has 0 fully saturated rings. The second-order valence-corrected chi connectivity index (χ2v) is 5.47. The normalized spacial score (nSPS) is 10.3. The third-order valence-corrected chi connectivity index (χ3v) is 4.17. The maximum absolute atomic E-state index is 10.9. The van der Waals surface area contributed by atoms with Crippen molar-refractivity contribution in [2.75, 3.05) is 0 Å². The second kappa shape index (κ2) is 4.47. The van der Waals surface area contributed by atoms with Crippen LogP contribution in [0.2, 0.25) is 4.34 Å². The van der Waals surface area contributed by atoms with Gasteiger partial charge in [-0.1, -0.05) is 35.9 Å². The van der Waals surface area contributed by atoms with E-state index in [1.54, 1.807) is 6.07 Å². The molecule has 1 nitrogen and oxygen atoms in total. The molecule has 1 aromatic carbocycles. The molecule has 0 saturated heterocycles. The van der Waals surface area contributed by atoms with Crippen LogP contribution in [0.25, 0.3) is 10.4 Å². The lowest BCUT2D eigenvalue weighted by molar-refractivity contribution is 0.112. The third kappa shape index (κ3) is 2.14. The van der Waals surface area contributed by atoms with Crippen molar-refractivity contribution in [2.24, 2.45) is 0 Å². The van der Waals surface area contributed by atoms with E-state index in [1.165, 1.54) is 11.3 Å². The molecule has 0 N–H and O–H groups in total. The Morgan fingerprint density at radius 2 is 2.07 bits per heavy atom. The molecule has 76 valence electrons. The van der Waals surface area contributed by atoms with Gasteiger partial charge in [0.15, 0.2) is 6.29 Å². The largest absolute Gasteiger partial charge is 0.298 e. The van der Waals surface area contributed by atoms with Gasteiger partial charge in [-0.2, -0.15) is 0 Å². The quantitative estimate of drug-likeness (QED) is 0.738. The zero-order valence-corrected chi connectivity index (χ0v) is 10.7.